The van der Waals surface area contributed by atoms with Crippen molar-refractivity contribution in [3.63, 3.8) is 0 Å². The van der Waals surface area contributed by atoms with Gasteiger partial charge in [0.25, 0.3) is 0 Å². The van der Waals surface area contributed by atoms with Crippen molar-refractivity contribution in [2.75, 3.05) is 0 Å². The van der Waals surface area contributed by atoms with Gasteiger partial charge in [-0.2, -0.15) is 0 Å². The number of aromatic nitrogens is 8. The topological polar surface area (TPSA) is 71.3 Å². The molecule has 14 aromatic rings. The van der Waals surface area contributed by atoms with Gasteiger partial charge in [0.05, 0.1) is 56.5 Å². The summed E-state index contributed by atoms with van der Waals surface area (Å²) in [4.78, 5) is 20.5. The Morgan fingerprint density at radius 2 is 0.645 bits per heavy atom. The maximum Gasteiger partial charge on any atom is 0.199 e. The van der Waals surface area contributed by atoms with Crippen LogP contribution in [-0.4, -0.2) is 38.2 Å². The normalized spacial score (nSPS) is 12.2. The average molecular weight is 793 g/mol. The van der Waals surface area contributed by atoms with E-state index in [2.05, 4.69) is 200 Å². The molecule has 0 radical (unpaired) electrons. The molecule has 0 aliphatic carbocycles. The Morgan fingerprint density at radius 1 is 0.274 bits per heavy atom. The molecular formula is C54H32N8. The van der Waals surface area contributed by atoms with Crippen molar-refractivity contribution in [2.45, 2.75) is 0 Å². The van der Waals surface area contributed by atoms with Gasteiger partial charge in [-0.15, -0.1) is 0 Å². The first-order chi connectivity index (χ1) is 30.8. The molecule has 62 heavy (non-hydrogen) atoms. The zero-order chi connectivity index (χ0) is 40.5. The second-order valence-corrected chi connectivity index (χ2v) is 15.9. The van der Waals surface area contributed by atoms with Crippen molar-refractivity contribution >= 4 is 98.5 Å². The lowest BCUT2D eigenvalue weighted by Gasteiger charge is -2.12. The fourth-order valence-electron chi connectivity index (χ4n) is 10.1. The van der Waals surface area contributed by atoms with E-state index in [-0.39, 0.29) is 0 Å². The third-order valence-corrected chi connectivity index (χ3v) is 12.7. The molecule has 0 fully saturated rings. The summed E-state index contributed by atoms with van der Waals surface area (Å²) in [6.45, 7) is 0. The fourth-order valence-corrected chi connectivity index (χ4v) is 10.1. The molecule has 8 nitrogen and oxygen atoms in total. The van der Waals surface area contributed by atoms with E-state index in [9.17, 15) is 0 Å². The molecule has 8 aromatic carbocycles. The number of rotatable bonds is 4. The standard InChI is InChI=1S/C54H32N8/c1-3-15-33(16-4-1)59-43-23-11-9-21-37(43)41-30-48-42(29-47(41)59)38-22-10-13-25-45(38)61(48)49-31-55-54-53(57-49)56-32-50(58-54)62-46-26-14-8-20-36(46)40-28-27-39-35-19-7-12-24-44(35)60(51(39)52(40)62)34-17-5-2-6-18-34/h1-32H. The summed E-state index contributed by atoms with van der Waals surface area (Å²) in [7, 11) is 0. The minimum absolute atomic E-state index is 0.474. The molecule has 0 saturated heterocycles. The highest BCUT2D eigenvalue weighted by Crippen LogP contribution is 2.42. The molecule has 288 valence electrons. The van der Waals surface area contributed by atoms with Gasteiger partial charge in [0.2, 0.25) is 0 Å². The van der Waals surface area contributed by atoms with Crippen molar-refractivity contribution in [1.82, 2.24) is 38.2 Å². The zero-order valence-electron chi connectivity index (χ0n) is 33.1. The number of fused-ring (bicyclic) bond motifs is 14. The first-order valence-electron chi connectivity index (χ1n) is 20.8. The van der Waals surface area contributed by atoms with Gasteiger partial charge < -0.3 is 9.13 Å². The Kier molecular flexibility index (Phi) is 6.68. The average Bonchev–Trinajstić information content (AvgIpc) is 4.06. The molecular weight excluding hydrogens is 761 g/mol. The van der Waals surface area contributed by atoms with Crippen LogP contribution in [0.15, 0.2) is 194 Å². The molecule has 0 unspecified atom stereocenters. The first-order valence-corrected chi connectivity index (χ1v) is 20.8. The van der Waals surface area contributed by atoms with Crippen LogP contribution < -0.4 is 0 Å². The van der Waals surface area contributed by atoms with Crippen molar-refractivity contribution in [3.8, 4) is 23.0 Å². The van der Waals surface area contributed by atoms with Crippen molar-refractivity contribution in [3.05, 3.63) is 194 Å². The number of para-hydroxylation sites is 6. The van der Waals surface area contributed by atoms with Crippen molar-refractivity contribution < 1.29 is 0 Å². The van der Waals surface area contributed by atoms with Crippen LogP contribution in [0.5, 0.6) is 0 Å². The maximum atomic E-state index is 5.24. The van der Waals surface area contributed by atoms with Gasteiger partial charge in [-0.25, -0.2) is 19.9 Å². The van der Waals surface area contributed by atoms with Crippen LogP contribution in [0.1, 0.15) is 0 Å². The smallest absolute Gasteiger partial charge is 0.199 e. The van der Waals surface area contributed by atoms with Crippen LogP contribution in [0.4, 0.5) is 0 Å². The Labute approximate surface area is 352 Å². The molecule has 6 heterocycles. The predicted octanol–water partition coefficient (Wildman–Crippen LogP) is 12.8. The largest absolute Gasteiger partial charge is 0.309 e. The quantitative estimate of drug-likeness (QED) is 0.178. The van der Waals surface area contributed by atoms with Gasteiger partial charge in [-0.1, -0.05) is 121 Å². The molecule has 0 amide bonds. The third-order valence-electron chi connectivity index (χ3n) is 12.7. The molecule has 0 spiro atoms. The van der Waals surface area contributed by atoms with E-state index in [1.165, 1.54) is 27.1 Å². The van der Waals surface area contributed by atoms with E-state index in [1.807, 2.05) is 12.4 Å². The Hall–Kier alpha value is -8.62. The summed E-state index contributed by atoms with van der Waals surface area (Å²) >= 11 is 0. The number of hydrogen-bond acceptors (Lipinski definition) is 4. The van der Waals surface area contributed by atoms with Crippen LogP contribution >= 0.6 is 0 Å². The van der Waals surface area contributed by atoms with Gasteiger partial charge in [0.15, 0.2) is 22.9 Å². The SMILES string of the molecule is c1ccc(-n2c3ccccc3c3cc4c(cc32)c2ccccc2n4-c2cnc3nc(-n4c5ccccc5c5ccc6c7ccccc7n(-c7ccccc7)c6c54)cnc3n2)cc1. The van der Waals surface area contributed by atoms with E-state index >= 15 is 0 Å². The zero-order valence-corrected chi connectivity index (χ0v) is 33.1. The van der Waals surface area contributed by atoms with Gasteiger partial charge in [-0.05, 0) is 60.7 Å². The molecule has 6 aromatic heterocycles. The predicted molar refractivity (Wildman–Crippen MR) is 252 cm³/mol. The van der Waals surface area contributed by atoms with Crippen molar-refractivity contribution in [2.24, 2.45) is 0 Å². The minimum Gasteiger partial charge on any atom is -0.309 e. The highest BCUT2D eigenvalue weighted by molar-refractivity contribution is 6.24. The molecule has 0 atom stereocenters. The Balaban J connectivity index is 0.996. The maximum absolute atomic E-state index is 5.24. The molecule has 0 N–H and O–H groups in total. The number of benzene rings is 8. The van der Waals surface area contributed by atoms with E-state index in [0.29, 0.717) is 22.9 Å². The highest BCUT2D eigenvalue weighted by Gasteiger charge is 2.23. The number of nitrogens with zero attached hydrogens (tertiary/aromatic N) is 8. The van der Waals surface area contributed by atoms with Crippen LogP contribution in [0, 0.1) is 0 Å². The summed E-state index contributed by atoms with van der Waals surface area (Å²) < 4.78 is 9.20. The first kappa shape index (κ1) is 33.2. The van der Waals surface area contributed by atoms with Crippen LogP contribution in [-0.2, 0) is 0 Å². The summed E-state index contributed by atoms with van der Waals surface area (Å²) in [6, 6.07) is 64.7. The van der Waals surface area contributed by atoms with E-state index in [4.69, 9.17) is 19.9 Å². The van der Waals surface area contributed by atoms with Gasteiger partial charge >= 0.3 is 0 Å². The van der Waals surface area contributed by atoms with Crippen LogP contribution in [0.2, 0.25) is 0 Å². The van der Waals surface area contributed by atoms with Crippen LogP contribution in [0.3, 0.4) is 0 Å². The van der Waals surface area contributed by atoms with Crippen molar-refractivity contribution in [1.29, 1.82) is 0 Å². The van der Waals surface area contributed by atoms with Crippen LogP contribution in [0.25, 0.3) is 122 Å². The lowest BCUT2D eigenvalue weighted by Crippen LogP contribution is -2.05. The Bertz CT molecular complexity index is 4150. The molecule has 0 bridgehead atoms. The molecule has 0 aliphatic rings. The molecule has 0 saturated carbocycles. The fraction of sp³-hybridized carbons (Fsp3) is 0. The van der Waals surface area contributed by atoms with Gasteiger partial charge in [-0.3, -0.25) is 9.13 Å². The number of hydrogen-bond donors (Lipinski definition) is 0. The summed E-state index contributed by atoms with van der Waals surface area (Å²) in [5.41, 5.74) is 12.0. The van der Waals surface area contributed by atoms with E-state index in [1.54, 1.807) is 0 Å². The van der Waals surface area contributed by atoms with E-state index < -0.39 is 0 Å². The lowest BCUT2D eigenvalue weighted by atomic mass is 10.1. The van der Waals surface area contributed by atoms with E-state index in [0.717, 1.165) is 71.5 Å². The highest BCUT2D eigenvalue weighted by atomic mass is 15.2. The summed E-state index contributed by atoms with van der Waals surface area (Å²) in [6.07, 6.45) is 3.68. The minimum atomic E-state index is 0.474. The lowest BCUT2D eigenvalue weighted by molar-refractivity contribution is 1.02. The summed E-state index contributed by atoms with van der Waals surface area (Å²) in [5.74, 6) is 1.36. The molecule has 14 rings (SSSR count). The summed E-state index contributed by atoms with van der Waals surface area (Å²) in [5, 5.41) is 9.30. The molecule has 8 heteroatoms. The monoisotopic (exact) mass is 792 g/mol. The third kappa shape index (κ3) is 4.49. The second-order valence-electron chi connectivity index (χ2n) is 15.9. The molecule has 0 aliphatic heterocycles. The van der Waals surface area contributed by atoms with Gasteiger partial charge in [0, 0.05) is 54.5 Å². The second kappa shape index (κ2) is 12.5. The van der Waals surface area contributed by atoms with Gasteiger partial charge in [0.1, 0.15) is 0 Å². The Morgan fingerprint density at radius 3 is 1.18 bits per heavy atom.